The normalized spacial score (nSPS) is 11.5. The van der Waals surface area contributed by atoms with Crippen LogP contribution in [0, 0.1) is 5.41 Å². The van der Waals surface area contributed by atoms with Gasteiger partial charge in [0.05, 0.1) is 12.0 Å². The van der Waals surface area contributed by atoms with Crippen LogP contribution in [0.25, 0.3) is 0 Å². The number of benzene rings is 1. The highest BCUT2D eigenvalue weighted by Crippen LogP contribution is 2.21. The Morgan fingerprint density at radius 1 is 1.12 bits per heavy atom. The number of carbonyl (C=O) groups is 1. The van der Waals surface area contributed by atoms with Crippen LogP contribution in [0.4, 0.5) is 0 Å². The molecule has 0 aliphatic heterocycles. The topological polar surface area (TPSA) is 65.5 Å². The quantitative estimate of drug-likeness (QED) is 0.303. The Balaban J connectivity index is 0.00000576. The van der Waals surface area contributed by atoms with Crippen molar-refractivity contribution in [2.75, 3.05) is 19.6 Å². The van der Waals surface area contributed by atoms with Crippen molar-refractivity contribution >= 4 is 59.0 Å². The minimum atomic E-state index is -0.538. The number of nitrogens with zero attached hydrogens (tertiary/aromatic N) is 1. The predicted molar refractivity (Wildman–Crippen MR) is 117 cm³/mol. The summed E-state index contributed by atoms with van der Waals surface area (Å²) in [4.78, 5) is 16.6. The molecule has 0 spiro atoms. The Bertz CT molecular complexity index is 594. The molecule has 0 saturated heterocycles. The van der Waals surface area contributed by atoms with Crippen LogP contribution in [-0.2, 0) is 11.3 Å². The molecule has 5 nitrogen and oxygen atoms in total. The Morgan fingerprint density at radius 3 is 2.32 bits per heavy atom. The largest absolute Gasteiger partial charge is 0.357 e. The van der Waals surface area contributed by atoms with E-state index < -0.39 is 5.41 Å². The molecule has 0 radical (unpaired) electrons. The number of aliphatic imine (C=N–C) groups is 1. The molecule has 0 unspecified atom stereocenters. The van der Waals surface area contributed by atoms with Crippen molar-refractivity contribution in [1.29, 1.82) is 0 Å². The number of amides is 1. The third-order valence-corrected chi connectivity index (χ3v) is 4.00. The van der Waals surface area contributed by atoms with Crippen molar-refractivity contribution in [3.8, 4) is 0 Å². The molecule has 0 aliphatic carbocycles. The van der Waals surface area contributed by atoms with E-state index in [1.165, 1.54) is 0 Å². The van der Waals surface area contributed by atoms with Gasteiger partial charge in [0.2, 0.25) is 5.91 Å². The summed E-state index contributed by atoms with van der Waals surface area (Å²) in [5.41, 5.74) is 0.352. The van der Waals surface area contributed by atoms with E-state index in [4.69, 9.17) is 23.2 Å². The second kappa shape index (κ2) is 11.8. The molecule has 8 heteroatoms. The lowest BCUT2D eigenvalue weighted by atomic mass is 9.92. The van der Waals surface area contributed by atoms with Crippen LogP contribution in [-0.4, -0.2) is 31.5 Å². The first-order valence-corrected chi connectivity index (χ1v) is 8.80. The maximum atomic E-state index is 12.0. The number of hydrogen-bond acceptors (Lipinski definition) is 2. The number of carbonyl (C=O) groups excluding carboxylic acids is 1. The highest BCUT2D eigenvalue weighted by molar-refractivity contribution is 14.0. The highest BCUT2D eigenvalue weighted by Gasteiger charge is 2.27. The molecule has 0 heterocycles. The Morgan fingerprint density at radius 2 is 1.76 bits per heavy atom. The zero-order valence-corrected chi connectivity index (χ0v) is 18.9. The summed E-state index contributed by atoms with van der Waals surface area (Å²) in [6.07, 6.45) is 0. The standard InChI is InChI=1S/C17H26Cl2N4O.HI/c1-5-20-15(24)17(3,4)11-23-16(21-6-2)22-10-12-7-8-13(18)9-14(12)19;/h7-9H,5-6,10-11H2,1-4H3,(H,20,24)(H2,21,22,23);1H. The van der Waals surface area contributed by atoms with Gasteiger partial charge in [-0.3, -0.25) is 4.79 Å². The monoisotopic (exact) mass is 500 g/mol. The van der Waals surface area contributed by atoms with Crippen molar-refractivity contribution < 1.29 is 4.79 Å². The van der Waals surface area contributed by atoms with Gasteiger partial charge in [-0.25, -0.2) is 4.99 Å². The maximum Gasteiger partial charge on any atom is 0.227 e. The van der Waals surface area contributed by atoms with Crippen LogP contribution in [0.15, 0.2) is 23.2 Å². The molecule has 0 fully saturated rings. The van der Waals surface area contributed by atoms with Crippen molar-refractivity contribution in [1.82, 2.24) is 16.0 Å². The summed E-state index contributed by atoms with van der Waals surface area (Å²) < 4.78 is 0. The van der Waals surface area contributed by atoms with E-state index in [1.807, 2.05) is 33.8 Å². The van der Waals surface area contributed by atoms with Crippen molar-refractivity contribution in [3.05, 3.63) is 33.8 Å². The number of rotatable bonds is 7. The summed E-state index contributed by atoms with van der Waals surface area (Å²) in [6, 6.07) is 5.35. The van der Waals surface area contributed by atoms with Gasteiger partial charge in [-0.1, -0.05) is 29.3 Å². The fourth-order valence-corrected chi connectivity index (χ4v) is 2.41. The van der Waals surface area contributed by atoms with E-state index in [0.717, 1.165) is 12.1 Å². The van der Waals surface area contributed by atoms with Crippen LogP contribution in [0.3, 0.4) is 0 Å². The Kier molecular flexibility index (Phi) is 11.5. The third kappa shape index (κ3) is 8.46. The smallest absolute Gasteiger partial charge is 0.227 e. The summed E-state index contributed by atoms with van der Waals surface area (Å²) in [7, 11) is 0. The minimum Gasteiger partial charge on any atom is -0.357 e. The van der Waals surface area contributed by atoms with Gasteiger partial charge >= 0.3 is 0 Å². The van der Waals surface area contributed by atoms with E-state index in [-0.39, 0.29) is 29.9 Å². The van der Waals surface area contributed by atoms with Crippen LogP contribution in [0.2, 0.25) is 10.0 Å². The lowest BCUT2D eigenvalue weighted by Gasteiger charge is -2.24. The second-order valence-corrected chi connectivity index (χ2v) is 6.87. The van der Waals surface area contributed by atoms with Crippen LogP contribution in [0.1, 0.15) is 33.3 Å². The van der Waals surface area contributed by atoms with E-state index >= 15 is 0 Å². The molecule has 1 amide bonds. The van der Waals surface area contributed by atoms with Gasteiger partial charge in [0.1, 0.15) is 0 Å². The van der Waals surface area contributed by atoms with E-state index in [0.29, 0.717) is 35.6 Å². The van der Waals surface area contributed by atoms with Gasteiger partial charge in [-0.2, -0.15) is 0 Å². The van der Waals surface area contributed by atoms with E-state index in [9.17, 15) is 4.79 Å². The molecule has 1 aromatic rings. The average Bonchev–Trinajstić information content (AvgIpc) is 2.51. The fraction of sp³-hybridized carbons (Fsp3) is 0.529. The van der Waals surface area contributed by atoms with Gasteiger partial charge in [0, 0.05) is 29.7 Å². The molecule has 0 saturated carbocycles. The lowest BCUT2D eigenvalue weighted by Crippen LogP contribution is -2.47. The molecule has 0 atom stereocenters. The molecule has 142 valence electrons. The van der Waals surface area contributed by atoms with Gasteiger partial charge in [-0.05, 0) is 45.4 Å². The van der Waals surface area contributed by atoms with Crippen molar-refractivity contribution in [2.24, 2.45) is 10.4 Å². The summed E-state index contributed by atoms with van der Waals surface area (Å²) in [6.45, 7) is 9.92. The van der Waals surface area contributed by atoms with Gasteiger partial charge < -0.3 is 16.0 Å². The van der Waals surface area contributed by atoms with E-state index in [1.54, 1.807) is 12.1 Å². The van der Waals surface area contributed by atoms with Gasteiger partial charge in [-0.15, -0.1) is 24.0 Å². The minimum absolute atomic E-state index is 0. The zero-order chi connectivity index (χ0) is 18.2. The molecule has 0 bridgehead atoms. The Hall–Kier alpha value is -0.730. The molecule has 3 N–H and O–H groups in total. The molecule has 0 aliphatic rings. The third-order valence-electron chi connectivity index (χ3n) is 3.42. The highest BCUT2D eigenvalue weighted by atomic mass is 127. The summed E-state index contributed by atoms with van der Waals surface area (Å²) in [5.74, 6) is 0.648. The van der Waals surface area contributed by atoms with Gasteiger partial charge in [0.25, 0.3) is 0 Å². The second-order valence-electron chi connectivity index (χ2n) is 6.03. The van der Waals surface area contributed by atoms with E-state index in [2.05, 4.69) is 20.9 Å². The molecule has 25 heavy (non-hydrogen) atoms. The first kappa shape index (κ1) is 24.3. The van der Waals surface area contributed by atoms with Crippen LogP contribution in [0.5, 0.6) is 0 Å². The molecule has 1 aromatic carbocycles. The van der Waals surface area contributed by atoms with Gasteiger partial charge in [0.15, 0.2) is 5.96 Å². The average molecular weight is 501 g/mol. The summed E-state index contributed by atoms with van der Waals surface area (Å²) >= 11 is 12.1. The number of guanidine groups is 1. The maximum absolute atomic E-state index is 12.0. The SMILES string of the molecule is CCNC(=O)C(C)(C)CNC(=NCc1ccc(Cl)cc1Cl)NCC.I. The number of halogens is 3. The first-order chi connectivity index (χ1) is 11.3. The summed E-state index contributed by atoms with van der Waals surface area (Å²) in [5, 5.41) is 10.4. The predicted octanol–water partition coefficient (Wildman–Crippen LogP) is 3.83. The zero-order valence-electron chi connectivity index (χ0n) is 15.1. The van der Waals surface area contributed by atoms with Crippen LogP contribution < -0.4 is 16.0 Å². The number of hydrogen-bond donors (Lipinski definition) is 3. The fourth-order valence-electron chi connectivity index (χ4n) is 1.94. The van der Waals surface area contributed by atoms with Crippen molar-refractivity contribution in [2.45, 2.75) is 34.2 Å². The molecule has 0 aromatic heterocycles. The van der Waals surface area contributed by atoms with Crippen molar-refractivity contribution in [3.63, 3.8) is 0 Å². The molecular formula is C17H27Cl2IN4O. The molecular weight excluding hydrogens is 474 g/mol. The lowest BCUT2D eigenvalue weighted by molar-refractivity contribution is -0.128. The Labute approximate surface area is 177 Å². The molecule has 1 rings (SSSR count). The number of nitrogens with one attached hydrogen (secondary N) is 3. The first-order valence-electron chi connectivity index (χ1n) is 8.04. The van der Waals surface area contributed by atoms with Crippen LogP contribution >= 0.6 is 47.2 Å².